The largest absolute Gasteiger partial charge is 0.302 e. The van der Waals surface area contributed by atoms with Crippen molar-refractivity contribution in [2.45, 2.75) is 12.0 Å². The molecule has 0 aliphatic carbocycles. The van der Waals surface area contributed by atoms with Gasteiger partial charge in [-0.05, 0) is 30.2 Å². The molecule has 96 valence electrons. The fourth-order valence-electron chi connectivity index (χ4n) is 1.90. The quantitative estimate of drug-likeness (QED) is 0.789. The molecule has 0 N–H and O–H groups in total. The smallest absolute Gasteiger partial charge is 0.278 e. The highest BCUT2D eigenvalue weighted by atomic mass is 32.3. The first kappa shape index (κ1) is 12.9. The van der Waals surface area contributed by atoms with Crippen molar-refractivity contribution in [2.24, 2.45) is 4.99 Å². The van der Waals surface area contributed by atoms with Crippen molar-refractivity contribution >= 4 is 16.4 Å². The first-order valence-corrected chi connectivity index (χ1v) is 6.88. The second-order valence-electron chi connectivity index (χ2n) is 4.06. The fourth-order valence-corrected chi connectivity index (χ4v) is 2.46. The molecule has 1 aromatic rings. The zero-order valence-corrected chi connectivity index (χ0v) is 10.2. The van der Waals surface area contributed by atoms with Gasteiger partial charge in [-0.15, -0.1) is 3.89 Å². The van der Waals surface area contributed by atoms with Crippen LogP contribution < -0.4 is 0 Å². The van der Waals surface area contributed by atoms with E-state index < -0.39 is 27.3 Å². The van der Waals surface area contributed by atoms with E-state index >= 15 is 0 Å². The van der Waals surface area contributed by atoms with Gasteiger partial charge in [-0.1, -0.05) is 18.2 Å². The highest BCUT2D eigenvalue weighted by molar-refractivity contribution is 7.86. The highest BCUT2D eigenvalue weighted by Gasteiger charge is 2.31. The predicted octanol–water partition coefficient (Wildman–Crippen LogP) is 2.35. The number of allylic oxidation sites excluding steroid dienone is 1. The highest BCUT2D eigenvalue weighted by Crippen LogP contribution is 2.34. The average molecular weight is 271 g/mol. The molecular formula is C12H11F2NO2S. The van der Waals surface area contributed by atoms with Crippen LogP contribution in [0.5, 0.6) is 0 Å². The predicted molar refractivity (Wildman–Crippen MR) is 65.2 cm³/mol. The topological polar surface area (TPSA) is 46.5 Å². The Hall–Kier alpha value is -1.56. The van der Waals surface area contributed by atoms with Gasteiger partial charge in [-0.3, -0.25) is 4.99 Å². The first-order chi connectivity index (χ1) is 8.41. The number of hydrogen-bond donors (Lipinski definition) is 0. The first-order valence-electron chi connectivity index (χ1n) is 5.33. The van der Waals surface area contributed by atoms with E-state index in [4.69, 9.17) is 0 Å². The number of hydrogen-bond acceptors (Lipinski definition) is 3. The molecule has 1 aromatic carbocycles. The Morgan fingerprint density at radius 2 is 1.89 bits per heavy atom. The van der Waals surface area contributed by atoms with Gasteiger partial charge in [-0.2, -0.15) is 8.42 Å². The molecule has 1 aliphatic heterocycles. The third kappa shape index (κ3) is 2.81. The van der Waals surface area contributed by atoms with Crippen LogP contribution in [-0.4, -0.2) is 20.4 Å². The lowest BCUT2D eigenvalue weighted by atomic mass is 9.88. The minimum Gasteiger partial charge on any atom is -0.278 e. The van der Waals surface area contributed by atoms with E-state index in [1.807, 2.05) is 0 Å². The summed E-state index contributed by atoms with van der Waals surface area (Å²) in [7, 11) is -4.55. The molecule has 1 unspecified atom stereocenters. The molecule has 2 rings (SSSR count). The Labute approximate surface area is 104 Å². The van der Waals surface area contributed by atoms with Gasteiger partial charge in [0, 0.05) is 6.21 Å². The zero-order chi connectivity index (χ0) is 13.2. The van der Waals surface area contributed by atoms with E-state index in [1.54, 1.807) is 12.2 Å². The van der Waals surface area contributed by atoms with Gasteiger partial charge in [0.15, 0.2) is 0 Å². The van der Waals surface area contributed by atoms with Crippen LogP contribution >= 0.6 is 0 Å². The van der Waals surface area contributed by atoms with Crippen molar-refractivity contribution in [2.75, 3.05) is 5.75 Å². The van der Waals surface area contributed by atoms with Crippen molar-refractivity contribution in [3.8, 4) is 0 Å². The molecule has 0 aromatic heterocycles. The minimum atomic E-state index is -4.55. The van der Waals surface area contributed by atoms with E-state index in [0.29, 0.717) is 5.56 Å². The monoisotopic (exact) mass is 271 g/mol. The molecule has 18 heavy (non-hydrogen) atoms. The van der Waals surface area contributed by atoms with E-state index in [9.17, 15) is 16.7 Å². The minimum absolute atomic E-state index is 0.00946. The van der Waals surface area contributed by atoms with Crippen molar-refractivity contribution in [1.29, 1.82) is 0 Å². The molecule has 0 fully saturated rings. The lowest BCUT2D eigenvalue weighted by molar-refractivity contribution is 0.516. The van der Waals surface area contributed by atoms with E-state index in [1.165, 1.54) is 30.5 Å². The van der Waals surface area contributed by atoms with E-state index in [0.717, 1.165) is 0 Å². The SMILES string of the molecule is O=S(=O)(F)CCC1(c2ccc(F)cc2)C=CC=N1. The van der Waals surface area contributed by atoms with Gasteiger partial charge in [0.2, 0.25) is 0 Å². The molecule has 1 heterocycles. The van der Waals surface area contributed by atoms with Crippen LogP contribution in [0.3, 0.4) is 0 Å². The second kappa shape index (κ2) is 4.61. The van der Waals surface area contributed by atoms with Gasteiger partial charge in [0.25, 0.3) is 0 Å². The van der Waals surface area contributed by atoms with Crippen LogP contribution in [0, 0.1) is 5.82 Å². The van der Waals surface area contributed by atoms with Gasteiger partial charge >= 0.3 is 10.2 Å². The Kier molecular flexibility index (Phi) is 3.30. The Morgan fingerprint density at radius 1 is 1.22 bits per heavy atom. The summed E-state index contributed by atoms with van der Waals surface area (Å²) in [6.07, 6.45) is 4.86. The fraction of sp³-hybridized carbons (Fsp3) is 0.250. The third-order valence-corrected chi connectivity index (χ3v) is 3.53. The van der Waals surface area contributed by atoms with Gasteiger partial charge in [0.05, 0.1) is 5.75 Å². The van der Waals surface area contributed by atoms with E-state index in [2.05, 4.69) is 4.99 Å². The summed E-state index contributed by atoms with van der Waals surface area (Å²) in [5.74, 6) is -1.01. The van der Waals surface area contributed by atoms with Crippen molar-refractivity contribution in [3.63, 3.8) is 0 Å². The van der Waals surface area contributed by atoms with Crippen LogP contribution in [0.2, 0.25) is 0 Å². The molecule has 0 radical (unpaired) electrons. The molecule has 3 nitrogen and oxygen atoms in total. The number of benzene rings is 1. The maximum Gasteiger partial charge on any atom is 0.302 e. The number of nitrogens with zero attached hydrogens (tertiary/aromatic N) is 1. The Balaban J connectivity index is 2.31. The molecule has 0 bridgehead atoms. The summed E-state index contributed by atoms with van der Waals surface area (Å²) >= 11 is 0. The summed E-state index contributed by atoms with van der Waals surface area (Å²) in [6.45, 7) is 0. The molecule has 0 spiro atoms. The summed E-state index contributed by atoms with van der Waals surface area (Å²) in [5.41, 5.74) is -0.273. The maximum atomic E-state index is 12.9. The lowest BCUT2D eigenvalue weighted by Crippen LogP contribution is -2.22. The third-order valence-electron chi connectivity index (χ3n) is 2.83. The molecule has 0 amide bonds. The molecule has 0 saturated carbocycles. The second-order valence-corrected chi connectivity index (χ2v) is 5.55. The maximum absolute atomic E-state index is 12.9. The molecule has 6 heteroatoms. The standard InChI is InChI=1S/C12H11F2NO2S/c13-11-4-2-10(3-5-11)12(6-1-8-15-12)7-9-18(14,16)17/h1-6,8H,7,9H2. The van der Waals surface area contributed by atoms with Crippen LogP contribution in [0.25, 0.3) is 0 Å². The van der Waals surface area contributed by atoms with Crippen LogP contribution in [0.4, 0.5) is 8.28 Å². The van der Waals surface area contributed by atoms with Gasteiger partial charge in [0.1, 0.15) is 11.4 Å². The number of halogens is 2. The normalized spacial score (nSPS) is 22.6. The molecular weight excluding hydrogens is 260 g/mol. The zero-order valence-electron chi connectivity index (χ0n) is 9.38. The van der Waals surface area contributed by atoms with E-state index in [-0.39, 0.29) is 6.42 Å². The summed E-state index contributed by atoms with van der Waals surface area (Å²) in [4.78, 5) is 4.18. The molecule has 1 atom stereocenters. The number of aliphatic imine (C=N–C) groups is 1. The average Bonchev–Trinajstić information content (AvgIpc) is 2.76. The lowest BCUT2D eigenvalue weighted by Gasteiger charge is -2.24. The summed E-state index contributed by atoms with van der Waals surface area (Å²) in [5, 5.41) is 0. The van der Waals surface area contributed by atoms with Crippen LogP contribution in [-0.2, 0) is 15.8 Å². The summed E-state index contributed by atoms with van der Waals surface area (Å²) < 4.78 is 46.7. The van der Waals surface area contributed by atoms with Crippen molar-refractivity contribution in [3.05, 3.63) is 47.8 Å². The van der Waals surface area contributed by atoms with Crippen molar-refractivity contribution in [1.82, 2.24) is 0 Å². The van der Waals surface area contributed by atoms with Crippen LogP contribution in [0.15, 0.2) is 41.4 Å². The number of rotatable bonds is 4. The Morgan fingerprint density at radius 3 is 2.39 bits per heavy atom. The summed E-state index contributed by atoms with van der Waals surface area (Å²) in [6, 6.07) is 5.58. The Bertz CT molecular complexity index is 579. The van der Waals surface area contributed by atoms with Gasteiger partial charge in [-0.25, -0.2) is 4.39 Å². The van der Waals surface area contributed by atoms with Crippen LogP contribution in [0.1, 0.15) is 12.0 Å². The molecule has 0 saturated heterocycles. The van der Waals surface area contributed by atoms with Crippen molar-refractivity contribution < 1.29 is 16.7 Å². The van der Waals surface area contributed by atoms with Gasteiger partial charge < -0.3 is 0 Å². The molecule has 1 aliphatic rings.